The van der Waals surface area contributed by atoms with Gasteiger partial charge >= 0.3 is 0 Å². The zero-order valence-electron chi connectivity index (χ0n) is 11.3. The fraction of sp³-hybridized carbons (Fsp3) is 0.188. The monoisotopic (exact) mass is 457 g/mol. The van der Waals surface area contributed by atoms with Crippen molar-refractivity contribution in [2.45, 2.75) is 19.6 Å². The summed E-state index contributed by atoms with van der Waals surface area (Å²) in [6.45, 7) is 2.34. The Morgan fingerprint density at radius 1 is 1.24 bits per heavy atom. The highest BCUT2D eigenvalue weighted by molar-refractivity contribution is 14.1. The second-order valence-electron chi connectivity index (χ2n) is 4.92. The third kappa shape index (κ3) is 3.08. The third-order valence-corrected chi connectivity index (χ3v) is 4.58. The molecule has 0 spiro atoms. The van der Waals surface area contributed by atoms with E-state index in [9.17, 15) is 4.79 Å². The number of carbonyl (C=O) groups excluding carboxylic acids is 1. The normalized spacial score (nSPS) is 17.4. The molecule has 3 rings (SSSR count). The first kappa shape index (κ1) is 14.8. The van der Waals surface area contributed by atoms with Crippen LogP contribution in [-0.4, -0.2) is 12.0 Å². The zero-order chi connectivity index (χ0) is 15.0. The number of amides is 1. The molecule has 3 nitrogen and oxygen atoms in total. The van der Waals surface area contributed by atoms with Crippen LogP contribution >= 0.6 is 38.5 Å². The van der Waals surface area contributed by atoms with Crippen molar-refractivity contribution in [3.8, 4) is 5.75 Å². The van der Waals surface area contributed by atoms with Gasteiger partial charge in [0.2, 0.25) is 0 Å². The van der Waals surface area contributed by atoms with E-state index < -0.39 is 6.10 Å². The van der Waals surface area contributed by atoms with Gasteiger partial charge in [0.15, 0.2) is 6.10 Å². The molecule has 2 aromatic carbocycles. The van der Waals surface area contributed by atoms with E-state index in [4.69, 9.17) is 4.74 Å². The highest BCUT2D eigenvalue weighted by Gasteiger charge is 2.31. The van der Waals surface area contributed by atoms with Crippen molar-refractivity contribution >= 4 is 50.1 Å². The van der Waals surface area contributed by atoms with E-state index in [1.165, 1.54) is 0 Å². The first-order valence-corrected chi connectivity index (χ1v) is 8.44. The molecule has 1 aliphatic rings. The molecule has 1 aliphatic heterocycles. The van der Waals surface area contributed by atoms with Crippen LogP contribution < -0.4 is 9.64 Å². The van der Waals surface area contributed by atoms with E-state index >= 15 is 0 Å². The number of hydrogen-bond donors (Lipinski definition) is 0. The molecule has 0 bridgehead atoms. The van der Waals surface area contributed by atoms with E-state index in [0.717, 1.165) is 25.0 Å². The van der Waals surface area contributed by atoms with Crippen molar-refractivity contribution < 1.29 is 9.53 Å². The Labute approximate surface area is 145 Å². The number of nitrogens with zero attached hydrogens (tertiary/aromatic N) is 1. The van der Waals surface area contributed by atoms with Crippen molar-refractivity contribution in [3.63, 3.8) is 0 Å². The molecule has 1 unspecified atom stereocenters. The lowest BCUT2D eigenvalue weighted by Gasteiger charge is -2.33. The average molecular weight is 458 g/mol. The van der Waals surface area contributed by atoms with E-state index in [0.29, 0.717) is 6.54 Å². The Kier molecular flexibility index (Phi) is 4.21. The maximum Gasteiger partial charge on any atom is 0.268 e. The van der Waals surface area contributed by atoms with E-state index in [-0.39, 0.29) is 5.91 Å². The van der Waals surface area contributed by atoms with Gasteiger partial charge in [-0.2, -0.15) is 0 Å². The molecule has 0 saturated heterocycles. The van der Waals surface area contributed by atoms with Crippen LogP contribution in [0.4, 0.5) is 5.69 Å². The minimum atomic E-state index is -0.453. The van der Waals surface area contributed by atoms with Crippen LogP contribution in [0.25, 0.3) is 0 Å². The molecule has 108 valence electrons. The fourth-order valence-electron chi connectivity index (χ4n) is 2.32. The highest BCUT2D eigenvalue weighted by atomic mass is 127. The van der Waals surface area contributed by atoms with Gasteiger partial charge in [0.1, 0.15) is 5.75 Å². The van der Waals surface area contributed by atoms with Gasteiger partial charge in [0.25, 0.3) is 5.91 Å². The van der Waals surface area contributed by atoms with Crippen LogP contribution in [0, 0.1) is 3.57 Å². The fourth-order valence-corrected chi connectivity index (χ4v) is 3.05. The van der Waals surface area contributed by atoms with Gasteiger partial charge in [0.05, 0.1) is 12.2 Å². The second-order valence-corrected chi connectivity index (χ2v) is 7.08. The van der Waals surface area contributed by atoms with Crippen molar-refractivity contribution in [2.75, 3.05) is 4.90 Å². The van der Waals surface area contributed by atoms with Crippen LogP contribution in [0.5, 0.6) is 5.75 Å². The average Bonchev–Trinajstić information content (AvgIpc) is 2.46. The molecule has 21 heavy (non-hydrogen) atoms. The summed E-state index contributed by atoms with van der Waals surface area (Å²) >= 11 is 5.67. The van der Waals surface area contributed by atoms with Crippen molar-refractivity contribution in [1.29, 1.82) is 0 Å². The van der Waals surface area contributed by atoms with Gasteiger partial charge in [-0.1, -0.05) is 28.1 Å². The summed E-state index contributed by atoms with van der Waals surface area (Å²) in [4.78, 5) is 14.2. The van der Waals surface area contributed by atoms with E-state index in [2.05, 4.69) is 38.5 Å². The molecule has 0 fully saturated rings. The lowest BCUT2D eigenvalue weighted by molar-refractivity contribution is -0.125. The van der Waals surface area contributed by atoms with E-state index in [1.54, 1.807) is 11.8 Å². The zero-order valence-corrected chi connectivity index (χ0v) is 15.1. The molecule has 0 aromatic heterocycles. The number of anilines is 1. The predicted octanol–water partition coefficient (Wildman–Crippen LogP) is 4.37. The number of hydrogen-bond acceptors (Lipinski definition) is 2. The smallest absolute Gasteiger partial charge is 0.268 e. The van der Waals surface area contributed by atoms with Crippen LogP contribution in [0.15, 0.2) is 46.9 Å². The quantitative estimate of drug-likeness (QED) is 0.627. The topological polar surface area (TPSA) is 29.5 Å². The maximum absolute atomic E-state index is 12.4. The Bertz CT molecular complexity index is 687. The lowest BCUT2D eigenvalue weighted by Crippen LogP contribution is -2.44. The molecule has 1 amide bonds. The van der Waals surface area contributed by atoms with Crippen LogP contribution in [-0.2, 0) is 11.3 Å². The molecule has 0 radical (unpaired) electrons. The van der Waals surface area contributed by atoms with Gasteiger partial charge in [-0.05, 0) is 65.4 Å². The maximum atomic E-state index is 12.4. The molecule has 0 saturated carbocycles. The van der Waals surface area contributed by atoms with Crippen LogP contribution in [0.2, 0.25) is 0 Å². The summed E-state index contributed by atoms with van der Waals surface area (Å²) < 4.78 is 7.83. The Hall–Kier alpha value is -1.08. The molecule has 0 aliphatic carbocycles. The van der Waals surface area contributed by atoms with E-state index in [1.807, 2.05) is 42.5 Å². The number of rotatable bonds is 2. The Morgan fingerprint density at radius 2 is 1.95 bits per heavy atom. The van der Waals surface area contributed by atoms with Crippen LogP contribution in [0.1, 0.15) is 12.5 Å². The summed E-state index contributed by atoms with van der Waals surface area (Å²) in [6, 6.07) is 13.9. The number of benzene rings is 2. The molecule has 0 N–H and O–H groups in total. The highest BCUT2D eigenvalue weighted by Crippen LogP contribution is 2.36. The summed E-state index contributed by atoms with van der Waals surface area (Å²) in [7, 11) is 0. The SMILES string of the molecule is CC1Oc2cc(I)ccc2N(Cc2ccc(Br)cc2)C1=O. The van der Waals surface area contributed by atoms with Crippen molar-refractivity contribution in [2.24, 2.45) is 0 Å². The Balaban J connectivity index is 1.96. The van der Waals surface area contributed by atoms with Crippen molar-refractivity contribution in [3.05, 3.63) is 56.1 Å². The largest absolute Gasteiger partial charge is 0.479 e. The first-order chi connectivity index (χ1) is 10.0. The molecular weight excluding hydrogens is 445 g/mol. The summed E-state index contributed by atoms with van der Waals surface area (Å²) in [5.74, 6) is 0.762. The number of halogens is 2. The van der Waals surface area contributed by atoms with Gasteiger partial charge in [0, 0.05) is 8.04 Å². The van der Waals surface area contributed by atoms with Crippen LogP contribution in [0.3, 0.4) is 0 Å². The number of carbonyl (C=O) groups is 1. The predicted molar refractivity (Wildman–Crippen MR) is 94.6 cm³/mol. The molecule has 5 heteroatoms. The first-order valence-electron chi connectivity index (χ1n) is 6.56. The second kappa shape index (κ2) is 5.96. The van der Waals surface area contributed by atoms with Gasteiger partial charge in [-0.25, -0.2) is 0 Å². The standard InChI is InChI=1S/C16H13BrINO2/c1-10-16(20)19(9-11-2-4-12(17)5-3-11)14-7-6-13(18)8-15(14)21-10/h2-8,10H,9H2,1H3. The minimum absolute atomic E-state index is 0.00775. The minimum Gasteiger partial charge on any atom is -0.479 e. The van der Waals surface area contributed by atoms with Gasteiger partial charge < -0.3 is 9.64 Å². The molecule has 1 heterocycles. The molecule has 2 aromatic rings. The van der Waals surface area contributed by atoms with Gasteiger partial charge in [-0.3, -0.25) is 4.79 Å². The summed E-state index contributed by atoms with van der Waals surface area (Å²) in [6.07, 6.45) is -0.453. The van der Waals surface area contributed by atoms with Gasteiger partial charge in [-0.15, -0.1) is 0 Å². The number of ether oxygens (including phenoxy) is 1. The number of fused-ring (bicyclic) bond motifs is 1. The summed E-state index contributed by atoms with van der Waals surface area (Å²) in [5, 5.41) is 0. The summed E-state index contributed by atoms with van der Waals surface area (Å²) in [5.41, 5.74) is 1.92. The molecular formula is C16H13BrINO2. The Morgan fingerprint density at radius 3 is 2.67 bits per heavy atom. The third-order valence-electron chi connectivity index (χ3n) is 3.38. The van der Waals surface area contributed by atoms with Crippen molar-refractivity contribution in [1.82, 2.24) is 0 Å². The molecule has 1 atom stereocenters. The lowest BCUT2D eigenvalue weighted by atomic mass is 10.1.